The molecule has 2 saturated carbocycles. The lowest BCUT2D eigenvalue weighted by Gasteiger charge is -2.38. The van der Waals surface area contributed by atoms with Crippen LogP contribution in [0.5, 0.6) is 0 Å². The van der Waals surface area contributed by atoms with Crippen LogP contribution in [0.3, 0.4) is 0 Å². The van der Waals surface area contributed by atoms with Gasteiger partial charge in [-0.3, -0.25) is 4.79 Å². The average Bonchev–Trinajstić information content (AvgIpc) is 2.68. The van der Waals surface area contributed by atoms with E-state index in [-0.39, 0.29) is 5.97 Å². The van der Waals surface area contributed by atoms with Crippen molar-refractivity contribution < 1.29 is 9.53 Å². The maximum atomic E-state index is 12.5. The number of ether oxygens (including phenoxy) is 1. The normalized spacial score (nSPS) is 26.1. The van der Waals surface area contributed by atoms with Crippen molar-refractivity contribution in [3.8, 4) is 0 Å². The van der Waals surface area contributed by atoms with E-state index >= 15 is 0 Å². The van der Waals surface area contributed by atoms with E-state index in [1.54, 1.807) is 0 Å². The van der Waals surface area contributed by atoms with Crippen LogP contribution < -0.4 is 5.32 Å². The Morgan fingerprint density at radius 3 is 2.40 bits per heavy atom. The minimum atomic E-state index is -0.412. The molecule has 138 valence electrons. The Hall–Kier alpha value is -1.35. The lowest BCUT2D eigenvalue weighted by atomic mass is 9.77. The standard InChI is InChI=1S/C22H33NO2/c1-2-25-21(24)22(15-7-4-8-16-22)23-17-18-11-13-20(14-12-18)19-9-5-3-6-10-19/h3,5-6,9-10,18,20,23H,2,4,7-8,11-17H2,1H3. The molecule has 0 saturated heterocycles. The first-order valence-electron chi connectivity index (χ1n) is 10.2. The molecule has 2 fully saturated rings. The van der Waals surface area contributed by atoms with Gasteiger partial charge in [-0.1, -0.05) is 49.6 Å². The number of carbonyl (C=O) groups is 1. The fourth-order valence-corrected chi connectivity index (χ4v) is 4.64. The Kier molecular flexibility index (Phi) is 6.52. The van der Waals surface area contributed by atoms with Gasteiger partial charge in [0.25, 0.3) is 0 Å². The van der Waals surface area contributed by atoms with Crippen molar-refractivity contribution in [2.75, 3.05) is 13.2 Å². The van der Waals surface area contributed by atoms with Crippen LogP contribution in [0.25, 0.3) is 0 Å². The quantitative estimate of drug-likeness (QED) is 0.753. The maximum Gasteiger partial charge on any atom is 0.326 e. The van der Waals surface area contributed by atoms with Gasteiger partial charge >= 0.3 is 5.97 Å². The molecule has 1 aromatic carbocycles. The first-order valence-corrected chi connectivity index (χ1v) is 10.2. The monoisotopic (exact) mass is 343 g/mol. The molecule has 0 aromatic heterocycles. The second-order valence-corrected chi connectivity index (χ2v) is 7.87. The second kappa shape index (κ2) is 8.84. The molecular weight excluding hydrogens is 310 g/mol. The smallest absolute Gasteiger partial charge is 0.326 e. The topological polar surface area (TPSA) is 38.3 Å². The molecule has 1 aromatic rings. The molecule has 3 nitrogen and oxygen atoms in total. The molecule has 3 heteroatoms. The number of benzene rings is 1. The Balaban J connectivity index is 1.51. The summed E-state index contributed by atoms with van der Waals surface area (Å²) >= 11 is 0. The number of esters is 1. The van der Waals surface area contributed by atoms with E-state index in [0.717, 1.165) is 32.2 Å². The summed E-state index contributed by atoms with van der Waals surface area (Å²) in [7, 11) is 0. The number of carbonyl (C=O) groups excluding carboxylic acids is 1. The summed E-state index contributed by atoms with van der Waals surface area (Å²) in [6.45, 7) is 3.34. The van der Waals surface area contributed by atoms with E-state index in [9.17, 15) is 4.79 Å². The third kappa shape index (κ3) is 4.63. The zero-order chi connectivity index (χ0) is 17.5. The zero-order valence-corrected chi connectivity index (χ0v) is 15.6. The summed E-state index contributed by atoms with van der Waals surface area (Å²) in [6, 6.07) is 10.9. The number of hydrogen-bond donors (Lipinski definition) is 1. The van der Waals surface area contributed by atoms with Gasteiger partial charge in [0, 0.05) is 0 Å². The maximum absolute atomic E-state index is 12.5. The molecular formula is C22H33NO2. The van der Waals surface area contributed by atoms with Crippen LogP contribution in [0.1, 0.15) is 76.2 Å². The minimum absolute atomic E-state index is 0.0207. The highest BCUT2D eigenvalue weighted by molar-refractivity contribution is 5.81. The molecule has 0 unspecified atom stereocenters. The van der Waals surface area contributed by atoms with Gasteiger partial charge in [-0.2, -0.15) is 0 Å². The molecule has 0 atom stereocenters. The fraction of sp³-hybridized carbons (Fsp3) is 0.682. The summed E-state index contributed by atoms with van der Waals surface area (Å²) < 4.78 is 5.40. The highest BCUT2D eigenvalue weighted by atomic mass is 16.5. The second-order valence-electron chi connectivity index (χ2n) is 7.87. The van der Waals surface area contributed by atoms with E-state index in [0.29, 0.717) is 18.4 Å². The summed E-state index contributed by atoms with van der Waals surface area (Å²) in [4.78, 5) is 12.5. The summed E-state index contributed by atoms with van der Waals surface area (Å²) in [5.74, 6) is 1.38. The lowest BCUT2D eigenvalue weighted by Crippen LogP contribution is -2.55. The van der Waals surface area contributed by atoms with Gasteiger partial charge in [0.15, 0.2) is 0 Å². The molecule has 3 rings (SSSR count). The van der Waals surface area contributed by atoms with Crippen molar-refractivity contribution in [3.05, 3.63) is 35.9 Å². The van der Waals surface area contributed by atoms with Crippen LogP contribution in [-0.4, -0.2) is 24.7 Å². The third-order valence-corrected chi connectivity index (χ3v) is 6.22. The van der Waals surface area contributed by atoms with Gasteiger partial charge in [-0.05, 0) is 69.4 Å². The minimum Gasteiger partial charge on any atom is -0.465 e. The van der Waals surface area contributed by atoms with Crippen LogP contribution in [0, 0.1) is 5.92 Å². The SMILES string of the molecule is CCOC(=O)C1(NCC2CCC(c3ccccc3)CC2)CCCCC1. The fourth-order valence-electron chi connectivity index (χ4n) is 4.64. The van der Waals surface area contributed by atoms with Crippen LogP contribution in [0.4, 0.5) is 0 Å². The van der Waals surface area contributed by atoms with Crippen LogP contribution in [-0.2, 0) is 9.53 Å². The Bertz CT molecular complexity index is 528. The molecule has 25 heavy (non-hydrogen) atoms. The summed E-state index contributed by atoms with van der Waals surface area (Å²) in [5, 5.41) is 3.67. The van der Waals surface area contributed by atoms with Crippen molar-refractivity contribution in [3.63, 3.8) is 0 Å². The van der Waals surface area contributed by atoms with Crippen LogP contribution in [0.15, 0.2) is 30.3 Å². The molecule has 0 amide bonds. The molecule has 0 spiro atoms. The van der Waals surface area contributed by atoms with Crippen molar-refractivity contribution in [1.29, 1.82) is 0 Å². The average molecular weight is 344 g/mol. The molecule has 0 heterocycles. The van der Waals surface area contributed by atoms with E-state index in [1.165, 1.54) is 37.7 Å². The molecule has 0 bridgehead atoms. The molecule has 1 N–H and O–H groups in total. The van der Waals surface area contributed by atoms with Crippen molar-refractivity contribution in [1.82, 2.24) is 5.32 Å². The van der Waals surface area contributed by atoms with Gasteiger partial charge in [-0.25, -0.2) is 0 Å². The predicted octanol–water partition coefficient (Wildman–Crippen LogP) is 4.82. The largest absolute Gasteiger partial charge is 0.465 e. The highest BCUT2D eigenvalue weighted by Gasteiger charge is 2.41. The van der Waals surface area contributed by atoms with Gasteiger partial charge in [0.1, 0.15) is 5.54 Å². The number of hydrogen-bond acceptors (Lipinski definition) is 3. The third-order valence-electron chi connectivity index (χ3n) is 6.22. The van der Waals surface area contributed by atoms with E-state index < -0.39 is 5.54 Å². The zero-order valence-electron chi connectivity index (χ0n) is 15.6. The highest BCUT2D eigenvalue weighted by Crippen LogP contribution is 2.36. The van der Waals surface area contributed by atoms with Gasteiger partial charge in [0.05, 0.1) is 6.61 Å². The van der Waals surface area contributed by atoms with Crippen molar-refractivity contribution in [2.24, 2.45) is 5.92 Å². The van der Waals surface area contributed by atoms with E-state index in [2.05, 4.69) is 35.6 Å². The summed E-state index contributed by atoms with van der Waals surface area (Å²) in [5.41, 5.74) is 1.08. The molecule has 0 aliphatic heterocycles. The Morgan fingerprint density at radius 2 is 1.76 bits per heavy atom. The van der Waals surface area contributed by atoms with E-state index in [1.807, 2.05) is 6.92 Å². The Labute approximate surface area is 152 Å². The molecule has 2 aliphatic carbocycles. The molecule has 2 aliphatic rings. The lowest BCUT2D eigenvalue weighted by molar-refractivity contribution is -0.153. The van der Waals surface area contributed by atoms with Crippen molar-refractivity contribution >= 4 is 5.97 Å². The van der Waals surface area contributed by atoms with Gasteiger partial charge < -0.3 is 10.1 Å². The van der Waals surface area contributed by atoms with Gasteiger partial charge in [-0.15, -0.1) is 0 Å². The van der Waals surface area contributed by atoms with Crippen molar-refractivity contribution in [2.45, 2.75) is 76.2 Å². The predicted molar refractivity (Wildman–Crippen MR) is 102 cm³/mol. The van der Waals surface area contributed by atoms with Crippen LogP contribution in [0.2, 0.25) is 0 Å². The van der Waals surface area contributed by atoms with Gasteiger partial charge in [0.2, 0.25) is 0 Å². The molecule has 0 radical (unpaired) electrons. The first-order chi connectivity index (χ1) is 12.2. The Morgan fingerprint density at radius 1 is 1.08 bits per heavy atom. The number of nitrogens with one attached hydrogen (secondary N) is 1. The number of rotatable bonds is 6. The van der Waals surface area contributed by atoms with Crippen LogP contribution >= 0.6 is 0 Å². The summed E-state index contributed by atoms with van der Waals surface area (Å²) in [6.07, 6.45) is 10.4. The van der Waals surface area contributed by atoms with E-state index in [4.69, 9.17) is 4.74 Å². The first kappa shape index (κ1) is 18.4.